The van der Waals surface area contributed by atoms with Crippen molar-refractivity contribution in [1.29, 1.82) is 0 Å². The van der Waals surface area contributed by atoms with Gasteiger partial charge in [-0.1, -0.05) is 6.07 Å². The highest BCUT2D eigenvalue weighted by Crippen LogP contribution is 2.26. The number of nitrogens with zero attached hydrogens (tertiary/aromatic N) is 1. The molecule has 1 aromatic heterocycles. The molecule has 21 heavy (non-hydrogen) atoms. The second-order valence-electron chi connectivity index (χ2n) is 4.35. The summed E-state index contributed by atoms with van der Waals surface area (Å²) in [6.45, 7) is 1.33. The summed E-state index contributed by atoms with van der Waals surface area (Å²) in [5, 5.41) is 4.74. The Morgan fingerprint density at radius 2 is 1.95 bits per heavy atom. The van der Waals surface area contributed by atoms with Gasteiger partial charge in [-0.25, -0.2) is 8.42 Å². The monoisotopic (exact) mass is 326 g/mol. The normalized spacial score (nSPS) is 11.3. The van der Waals surface area contributed by atoms with Crippen LogP contribution in [0, 0.1) is 0 Å². The predicted octanol–water partition coefficient (Wildman–Crippen LogP) is 2.17. The third-order valence-corrected chi connectivity index (χ3v) is 6.09. The lowest BCUT2D eigenvalue weighted by molar-refractivity contribution is 0.318. The summed E-state index contributed by atoms with van der Waals surface area (Å²) in [4.78, 5) is 0. The van der Waals surface area contributed by atoms with Crippen LogP contribution in [0.1, 0.15) is 0 Å². The fourth-order valence-electron chi connectivity index (χ4n) is 1.71. The van der Waals surface area contributed by atoms with Gasteiger partial charge in [-0.15, -0.1) is 11.3 Å². The SMILES string of the molecule is CNCCOc1ccc(N(C)S(=O)(=O)c2cccs2)cc1. The second-order valence-corrected chi connectivity index (χ2v) is 7.49. The second kappa shape index (κ2) is 6.93. The number of sulfonamides is 1. The van der Waals surface area contributed by atoms with Crippen molar-refractivity contribution < 1.29 is 13.2 Å². The number of likely N-dealkylation sites (N-methyl/N-ethyl adjacent to an activating group) is 1. The minimum atomic E-state index is -3.48. The summed E-state index contributed by atoms with van der Waals surface area (Å²) in [5.41, 5.74) is 0.601. The first kappa shape index (κ1) is 15.8. The Kier molecular flexibility index (Phi) is 5.22. The zero-order chi connectivity index (χ0) is 15.3. The van der Waals surface area contributed by atoms with Crippen molar-refractivity contribution in [2.75, 3.05) is 31.6 Å². The molecule has 0 unspecified atom stereocenters. The molecule has 1 N–H and O–H groups in total. The van der Waals surface area contributed by atoms with E-state index in [1.165, 1.54) is 15.6 Å². The number of hydrogen-bond donors (Lipinski definition) is 1. The molecular weight excluding hydrogens is 308 g/mol. The summed E-state index contributed by atoms with van der Waals surface area (Å²) in [7, 11) is -0.0759. The molecule has 0 fully saturated rings. The smallest absolute Gasteiger partial charge is 0.273 e. The molecule has 0 saturated heterocycles. The highest BCUT2D eigenvalue weighted by molar-refractivity contribution is 7.94. The van der Waals surface area contributed by atoms with E-state index in [1.807, 2.05) is 7.05 Å². The van der Waals surface area contributed by atoms with Crippen LogP contribution in [0.4, 0.5) is 5.69 Å². The number of hydrogen-bond acceptors (Lipinski definition) is 5. The van der Waals surface area contributed by atoms with E-state index in [-0.39, 0.29) is 0 Å². The van der Waals surface area contributed by atoms with Crippen LogP contribution >= 0.6 is 11.3 Å². The van der Waals surface area contributed by atoms with E-state index in [2.05, 4.69) is 5.32 Å². The van der Waals surface area contributed by atoms with E-state index in [0.29, 0.717) is 16.5 Å². The third kappa shape index (κ3) is 3.75. The van der Waals surface area contributed by atoms with E-state index in [9.17, 15) is 8.42 Å². The Bertz CT molecular complexity index is 652. The molecule has 0 bridgehead atoms. The quantitative estimate of drug-likeness (QED) is 0.792. The topological polar surface area (TPSA) is 58.6 Å². The van der Waals surface area contributed by atoms with Gasteiger partial charge in [0.15, 0.2) is 0 Å². The van der Waals surface area contributed by atoms with Gasteiger partial charge in [0.25, 0.3) is 10.0 Å². The third-order valence-electron chi connectivity index (χ3n) is 2.93. The van der Waals surface area contributed by atoms with Gasteiger partial charge in [-0.3, -0.25) is 4.31 Å². The number of ether oxygens (including phenoxy) is 1. The first-order valence-electron chi connectivity index (χ1n) is 6.45. The molecule has 0 spiro atoms. The molecule has 7 heteroatoms. The largest absolute Gasteiger partial charge is 0.492 e. The van der Waals surface area contributed by atoms with Gasteiger partial charge in [0.05, 0.1) is 5.69 Å². The molecule has 0 aliphatic carbocycles. The molecule has 1 heterocycles. The van der Waals surface area contributed by atoms with Gasteiger partial charge in [0, 0.05) is 13.6 Å². The molecule has 0 aliphatic heterocycles. The van der Waals surface area contributed by atoms with Crippen molar-refractivity contribution in [3.8, 4) is 5.75 Å². The Hall–Kier alpha value is -1.57. The van der Waals surface area contributed by atoms with E-state index in [0.717, 1.165) is 12.3 Å². The molecule has 2 rings (SSSR count). The van der Waals surface area contributed by atoms with Crippen molar-refractivity contribution in [2.45, 2.75) is 4.21 Å². The standard InChI is InChI=1S/C14H18N2O3S2/c1-15-9-10-19-13-7-5-12(6-8-13)16(2)21(17,18)14-4-3-11-20-14/h3-8,11,15H,9-10H2,1-2H3. The number of anilines is 1. The van der Waals surface area contributed by atoms with Crippen molar-refractivity contribution >= 4 is 27.0 Å². The van der Waals surface area contributed by atoms with E-state index < -0.39 is 10.0 Å². The van der Waals surface area contributed by atoms with Crippen molar-refractivity contribution in [1.82, 2.24) is 5.32 Å². The summed E-state index contributed by atoms with van der Waals surface area (Å²) in [6.07, 6.45) is 0. The van der Waals surface area contributed by atoms with Gasteiger partial charge in [0.1, 0.15) is 16.6 Å². The minimum absolute atomic E-state index is 0.333. The van der Waals surface area contributed by atoms with E-state index in [4.69, 9.17) is 4.74 Å². The average Bonchev–Trinajstić information content (AvgIpc) is 3.02. The van der Waals surface area contributed by atoms with Gasteiger partial charge < -0.3 is 10.1 Å². The van der Waals surface area contributed by atoms with Crippen LogP contribution in [0.15, 0.2) is 46.0 Å². The van der Waals surface area contributed by atoms with Gasteiger partial charge in [-0.2, -0.15) is 0 Å². The zero-order valence-electron chi connectivity index (χ0n) is 11.9. The van der Waals surface area contributed by atoms with Crippen molar-refractivity contribution in [2.24, 2.45) is 0 Å². The van der Waals surface area contributed by atoms with Crippen molar-refractivity contribution in [3.63, 3.8) is 0 Å². The van der Waals surface area contributed by atoms with Crippen LogP contribution in [0.25, 0.3) is 0 Å². The molecule has 0 aliphatic rings. The maximum absolute atomic E-state index is 12.4. The van der Waals surface area contributed by atoms with Crippen LogP contribution < -0.4 is 14.4 Å². The van der Waals surface area contributed by atoms with E-state index >= 15 is 0 Å². The highest BCUT2D eigenvalue weighted by Gasteiger charge is 2.22. The van der Waals surface area contributed by atoms with Crippen LogP contribution in [0.2, 0.25) is 0 Å². The zero-order valence-corrected chi connectivity index (χ0v) is 13.6. The first-order valence-corrected chi connectivity index (χ1v) is 8.77. The molecule has 2 aromatic rings. The summed E-state index contributed by atoms with van der Waals surface area (Å²) in [6, 6.07) is 10.3. The minimum Gasteiger partial charge on any atom is -0.492 e. The number of benzene rings is 1. The highest BCUT2D eigenvalue weighted by atomic mass is 32.2. The van der Waals surface area contributed by atoms with Crippen LogP contribution in [-0.4, -0.2) is 35.7 Å². The average molecular weight is 326 g/mol. The van der Waals surface area contributed by atoms with Gasteiger partial charge in [0.2, 0.25) is 0 Å². The fraction of sp³-hybridized carbons (Fsp3) is 0.286. The number of nitrogens with one attached hydrogen (secondary N) is 1. The maximum Gasteiger partial charge on any atom is 0.273 e. The Morgan fingerprint density at radius 3 is 2.52 bits per heavy atom. The predicted molar refractivity (Wildman–Crippen MR) is 85.8 cm³/mol. The van der Waals surface area contributed by atoms with Crippen LogP contribution in [0.5, 0.6) is 5.75 Å². The summed E-state index contributed by atoms with van der Waals surface area (Å²) < 4.78 is 31.9. The first-order chi connectivity index (χ1) is 10.1. The molecule has 0 amide bonds. The summed E-state index contributed by atoms with van der Waals surface area (Å²) >= 11 is 1.21. The molecule has 5 nitrogen and oxygen atoms in total. The van der Waals surface area contributed by atoms with Gasteiger partial charge in [-0.05, 0) is 42.8 Å². The molecule has 0 atom stereocenters. The molecule has 114 valence electrons. The number of thiophene rings is 1. The Labute approximate surface area is 129 Å². The van der Waals surface area contributed by atoms with Crippen molar-refractivity contribution in [3.05, 3.63) is 41.8 Å². The lowest BCUT2D eigenvalue weighted by Crippen LogP contribution is -2.25. The Balaban J connectivity index is 2.11. The molecule has 0 radical (unpaired) electrons. The van der Waals surface area contributed by atoms with E-state index in [1.54, 1.807) is 48.8 Å². The lowest BCUT2D eigenvalue weighted by Gasteiger charge is -2.18. The molecular formula is C14H18N2O3S2. The van der Waals surface area contributed by atoms with Gasteiger partial charge >= 0.3 is 0 Å². The van der Waals surface area contributed by atoms with Crippen LogP contribution in [0.3, 0.4) is 0 Å². The Morgan fingerprint density at radius 1 is 1.24 bits per heavy atom. The molecule has 0 saturated carbocycles. The number of rotatable bonds is 7. The maximum atomic E-state index is 12.4. The van der Waals surface area contributed by atoms with Crippen LogP contribution in [-0.2, 0) is 10.0 Å². The summed E-state index contributed by atoms with van der Waals surface area (Å²) in [5.74, 6) is 0.718. The fourth-order valence-corrected chi connectivity index (χ4v) is 4.06. The lowest BCUT2D eigenvalue weighted by atomic mass is 10.3. The molecule has 1 aromatic carbocycles.